The van der Waals surface area contributed by atoms with Gasteiger partial charge >= 0.3 is 0 Å². The van der Waals surface area contributed by atoms with E-state index in [-0.39, 0.29) is 17.6 Å². The van der Waals surface area contributed by atoms with Crippen LogP contribution in [-0.4, -0.2) is 40.8 Å². The minimum Gasteiger partial charge on any atom is -0.346 e. The molecule has 1 aromatic heterocycles. The highest BCUT2D eigenvalue weighted by atomic mass is 16.2. The minimum absolute atomic E-state index is 0.0116. The van der Waals surface area contributed by atoms with Crippen LogP contribution in [0.15, 0.2) is 36.4 Å². The summed E-state index contributed by atoms with van der Waals surface area (Å²) in [7, 11) is 0. The smallest absolute Gasteiger partial charge is 0.227 e. The third kappa shape index (κ3) is 4.53. The van der Waals surface area contributed by atoms with Gasteiger partial charge in [0.25, 0.3) is 0 Å². The summed E-state index contributed by atoms with van der Waals surface area (Å²) >= 11 is 0. The van der Waals surface area contributed by atoms with E-state index in [9.17, 15) is 9.59 Å². The van der Waals surface area contributed by atoms with Gasteiger partial charge in [-0.05, 0) is 71.8 Å². The zero-order valence-electron chi connectivity index (χ0n) is 17.4. The molecule has 3 rings (SSSR count). The molecule has 0 atom stereocenters. The lowest BCUT2D eigenvalue weighted by Crippen LogP contribution is -2.40. The number of piperidine rings is 1. The minimum atomic E-state index is 0.0116. The maximum Gasteiger partial charge on any atom is 0.227 e. The molecule has 28 heavy (non-hydrogen) atoms. The van der Waals surface area contributed by atoms with Crippen molar-refractivity contribution in [3.8, 4) is 0 Å². The fourth-order valence-electron chi connectivity index (χ4n) is 4.26. The molecule has 0 unspecified atom stereocenters. The Hall–Kier alpha value is -2.40. The average Bonchev–Trinajstić information content (AvgIpc) is 2.97. The first-order chi connectivity index (χ1) is 13.4. The fraction of sp³-hybridized carbons (Fsp3) is 0.478. The van der Waals surface area contributed by atoms with E-state index in [0.29, 0.717) is 12.6 Å². The van der Waals surface area contributed by atoms with Crippen LogP contribution in [0, 0.1) is 19.8 Å². The average molecular weight is 382 g/mol. The molecule has 5 nitrogen and oxygen atoms in total. The summed E-state index contributed by atoms with van der Waals surface area (Å²) in [4.78, 5) is 27.5. The molecule has 0 saturated carbocycles. The molecule has 1 N–H and O–H groups in total. The van der Waals surface area contributed by atoms with Gasteiger partial charge in [-0.25, -0.2) is 0 Å². The lowest BCUT2D eigenvalue weighted by Gasteiger charge is -2.30. The van der Waals surface area contributed by atoms with Crippen molar-refractivity contribution in [3.63, 3.8) is 0 Å². The summed E-state index contributed by atoms with van der Waals surface area (Å²) in [5, 5.41) is 2.99. The SMILES string of the molecule is Cc1cc(C(=O)CN2CCC(C(=O)Nc3ccccc3)CC2)c(C)n1C(C)C. The number of Topliss-reactive ketones (excluding diaryl/α,β-unsaturated/α-hetero) is 1. The molecule has 2 heterocycles. The summed E-state index contributed by atoms with van der Waals surface area (Å²) in [5.41, 5.74) is 3.85. The van der Waals surface area contributed by atoms with Crippen molar-refractivity contribution in [2.24, 2.45) is 5.92 Å². The van der Waals surface area contributed by atoms with Gasteiger partial charge in [0.1, 0.15) is 0 Å². The number of rotatable bonds is 6. The summed E-state index contributed by atoms with van der Waals surface area (Å²) < 4.78 is 2.22. The Balaban J connectivity index is 1.54. The predicted molar refractivity (Wildman–Crippen MR) is 113 cm³/mol. The highest BCUT2D eigenvalue weighted by Crippen LogP contribution is 2.23. The van der Waals surface area contributed by atoms with Gasteiger partial charge in [0.2, 0.25) is 5.91 Å². The molecule has 1 amide bonds. The summed E-state index contributed by atoms with van der Waals surface area (Å²) in [6.45, 7) is 10.3. The molecule has 1 saturated heterocycles. The number of ketones is 1. The van der Waals surface area contributed by atoms with Crippen LogP contribution in [0.2, 0.25) is 0 Å². The number of hydrogen-bond donors (Lipinski definition) is 1. The summed E-state index contributed by atoms with van der Waals surface area (Å²) in [6, 6.07) is 11.9. The van der Waals surface area contributed by atoms with Gasteiger partial charge in [-0.3, -0.25) is 14.5 Å². The molecule has 0 aliphatic carbocycles. The zero-order valence-corrected chi connectivity index (χ0v) is 17.4. The van der Waals surface area contributed by atoms with E-state index in [4.69, 9.17) is 0 Å². The highest BCUT2D eigenvalue weighted by Gasteiger charge is 2.27. The zero-order chi connectivity index (χ0) is 20.3. The Morgan fingerprint density at radius 3 is 2.32 bits per heavy atom. The van der Waals surface area contributed by atoms with Gasteiger partial charge in [0.15, 0.2) is 5.78 Å². The van der Waals surface area contributed by atoms with Crippen LogP contribution in [0.4, 0.5) is 5.69 Å². The van der Waals surface area contributed by atoms with Gasteiger partial charge in [-0.1, -0.05) is 18.2 Å². The maximum atomic E-state index is 12.8. The van der Waals surface area contributed by atoms with Crippen molar-refractivity contribution in [1.82, 2.24) is 9.47 Å². The van der Waals surface area contributed by atoms with Crippen molar-refractivity contribution in [2.75, 3.05) is 25.0 Å². The molecular formula is C23H31N3O2. The highest BCUT2D eigenvalue weighted by molar-refractivity contribution is 5.99. The number of anilines is 1. The Labute approximate surface area is 167 Å². The van der Waals surface area contributed by atoms with Crippen molar-refractivity contribution in [1.29, 1.82) is 0 Å². The number of hydrogen-bond acceptors (Lipinski definition) is 3. The van der Waals surface area contributed by atoms with Crippen molar-refractivity contribution in [2.45, 2.75) is 46.6 Å². The van der Waals surface area contributed by atoms with E-state index in [1.807, 2.05) is 43.3 Å². The predicted octanol–water partition coefficient (Wildman–Crippen LogP) is 4.22. The first-order valence-electron chi connectivity index (χ1n) is 10.2. The third-order valence-electron chi connectivity index (χ3n) is 5.67. The normalized spacial score (nSPS) is 15.8. The van der Waals surface area contributed by atoms with E-state index in [1.54, 1.807) is 0 Å². The van der Waals surface area contributed by atoms with Crippen LogP contribution in [0.25, 0.3) is 0 Å². The van der Waals surface area contributed by atoms with E-state index in [0.717, 1.165) is 48.6 Å². The number of nitrogens with zero attached hydrogens (tertiary/aromatic N) is 2. The molecule has 1 fully saturated rings. The first kappa shape index (κ1) is 20.3. The third-order valence-corrected chi connectivity index (χ3v) is 5.67. The second-order valence-corrected chi connectivity index (χ2v) is 8.08. The molecule has 1 aliphatic heterocycles. The van der Waals surface area contributed by atoms with Crippen LogP contribution in [0.3, 0.4) is 0 Å². The molecule has 150 valence electrons. The number of aromatic nitrogens is 1. The van der Waals surface area contributed by atoms with Gasteiger partial charge in [-0.15, -0.1) is 0 Å². The number of aryl methyl sites for hydroxylation is 1. The van der Waals surface area contributed by atoms with Gasteiger partial charge in [0, 0.05) is 34.6 Å². The van der Waals surface area contributed by atoms with Crippen molar-refractivity contribution in [3.05, 3.63) is 53.3 Å². The summed E-state index contributed by atoms with van der Waals surface area (Å²) in [5.74, 6) is 0.266. The molecule has 1 aliphatic rings. The van der Waals surface area contributed by atoms with E-state index < -0.39 is 0 Å². The Kier molecular flexibility index (Phi) is 6.35. The number of likely N-dealkylation sites (tertiary alicyclic amines) is 1. The van der Waals surface area contributed by atoms with Gasteiger partial charge < -0.3 is 9.88 Å². The van der Waals surface area contributed by atoms with Gasteiger partial charge in [-0.2, -0.15) is 0 Å². The number of carbonyl (C=O) groups is 2. The Bertz CT molecular complexity index is 831. The first-order valence-corrected chi connectivity index (χ1v) is 10.2. The van der Waals surface area contributed by atoms with Crippen molar-refractivity contribution < 1.29 is 9.59 Å². The molecule has 0 bridgehead atoms. The number of amides is 1. The lowest BCUT2D eigenvalue weighted by atomic mass is 9.95. The van der Waals surface area contributed by atoms with E-state index in [1.165, 1.54) is 0 Å². The largest absolute Gasteiger partial charge is 0.346 e. The Morgan fingerprint density at radius 2 is 1.75 bits per heavy atom. The molecule has 0 radical (unpaired) electrons. The Morgan fingerprint density at radius 1 is 1.11 bits per heavy atom. The molecule has 1 aromatic carbocycles. The monoisotopic (exact) mass is 381 g/mol. The maximum absolute atomic E-state index is 12.8. The number of carbonyl (C=O) groups excluding carboxylic acids is 2. The lowest BCUT2D eigenvalue weighted by molar-refractivity contribution is -0.121. The van der Waals surface area contributed by atoms with Crippen LogP contribution >= 0.6 is 0 Å². The van der Waals surface area contributed by atoms with Crippen LogP contribution in [0.1, 0.15) is 54.5 Å². The van der Waals surface area contributed by atoms with E-state index in [2.05, 4.69) is 35.6 Å². The van der Waals surface area contributed by atoms with Crippen LogP contribution < -0.4 is 5.32 Å². The number of nitrogens with one attached hydrogen (secondary N) is 1. The van der Waals surface area contributed by atoms with Crippen molar-refractivity contribution >= 4 is 17.4 Å². The molecule has 5 heteroatoms. The second-order valence-electron chi connectivity index (χ2n) is 8.08. The van der Waals surface area contributed by atoms with E-state index >= 15 is 0 Å². The van der Waals surface area contributed by atoms with Gasteiger partial charge in [0.05, 0.1) is 6.54 Å². The second kappa shape index (κ2) is 8.74. The van der Waals surface area contributed by atoms with Crippen LogP contribution in [-0.2, 0) is 4.79 Å². The van der Waals surface area contributed by atoms with Crippen LogP contribution in [0.5, 0.6) is 0 Å². The molecule has 2 aromatic rings. The molecular weight excluding hydrogens is 350 g/mol. The number of para-hydroxylation sites is 1. The summed E-state index contributed by atoms with van der Waals surface area (Å²) in [6.07, 6.45) is 1.58. The topological polar surface area (TPSA) is 54.3 Å². The standard InChI is InChI=1S/C23H31N3O2/c1-16(2)26-17(3)14-21(18(26)4)22(27)15-25-12-10-19(11-13-25)23(28)24-20-8-6-5-7-9-20/h5-9,14,16,19H,10-13,15H2,1-4H3,(H,24,28). The molecule has 0 spiro atoms. The fourth-order valence-corrected chi connectivity index (χ4v) is 4.26. The quantitative estimate of drug-likeness (QED) is 0.762. The number of benzene rings is 1.